The van der Waals surface area contributed by atoms with Crippen molar-refractivity contribution < 1.29 is 4.79 Å². The Balaban J connectivity index is 2.00. The van der Waals surface area contributed by atoms with Gasteiger partial charge in [0.2, 0.25) is 0 Å². The summed E-state index contributed by atoms with van der Waals surface area (Å²) in [5.41, 5.74) is 2.59. The van der Waals surface area contributed by atoms with Gasteiger partial charge in [-0.2, -0.15) is 0 Å². The Morgan fingerprint density at radius 1 is 1.18 bits per heavy atom. The van der Waals surface area contributed by atoms with E-state index in [1.165, 1.54) is 0 Å². The number of hydrogen-bond donors (Lipinski definition) is 1. The third kappa shape index (κ3) is 2.80. The summed E-state index contributed by atoms with van der Waals surface area (Å²) in [4.78, 5) is 17.1. The minimum Gasteiger partial charge on any atom is -0.321 e. The maximum atomic E-state index is 12.6. The van der Waals surface area contributed by atoms with Crippen LogP contribution >= 0.6 is 23.2 Å². The molecule has 0 aliphatic rings. The first-order valence-corrected chi connectivity index (χ1v) is 7.57. The van der Waals surface area contributed by atoms with Crippen LogP contribution < -0.4 is 5.32 Å². The summed E-state index contributed by atoms with van der Waals surface area (Å²) < 4.78 is 1.75. The standard InChI is InChI=1S/C16H13Cl2N3O/c1-2-13-15(21-8-7-11(18)9-14(21)20-13)16(22)19-12-5-3-10(17)4-6-12/h3-9H,2H2,1H3,(H,19,22). The molecule has 0 unspecified atom stereocenters. The second-order valence-corrected chi connectivity index (χ2v) is 5.67. The van der Waals surface area contributed by atoms with Crippen molar-refractivity contribution in [3.8, 4) is 0 Å². The summed E-state index contributed by atoms with van der Waals surface area (Å²) >= 11 is 11.8. The van der Waals surface area contributed by atoms with E-state index in [1.807, 2.05) is 6.92 Å². The highest BCUT2D eigenvalue weighted by Crippen LogP contribution is 2.20. The molecule has 1 amide bonds. The van der Waals surface area contributed by atoms with Crippen molar-refractivity contribution in [2.24, 2.45) is 0 Å². The molecule has 0 saturated heterocycles. The van der Waals surface area contributed by atoms with Crippen LogP contribution in [0.1, 0.15) is 23.1 Å². The zero-order valence-electron chi connectivity index (χ0n) is 11.8. The quantitative estimate of drug-likeness (QED) is 0.769. The molecule has 6 heteroatoms. The number of pyridine rings is 1. The van der Waals surface area contributed by atoms with Crippen LogP contribution in [0.25, 0.3) is 5.65 Å². The number of carbonyl (C=O) groups excluding carboxylic acids is 1. The van der Waals surface area contributed by atoms with E-state index in [1.54, 1.807) is 47.0 Å². The molecule has 2 aromatic heterocycles. The first-order valence-electron chi connectivity index (χ1n) is 6.82. The third-order valence-corrected chi connectivity index (χ3v) is 3.80. The van der Waals surface area contributed by atoms with Gasteiger partial charge in [-0.1, -0.05) is 30.1 Å². The Labute approximate surface area is 137 Å². The largest absolute Gasteiger partial charge is 0.321 e. The zero-order valence-corrected chi connectivity index (χ0v) is 13.3. The number of hydrogen-bond acceptors (Lipinski definition) is 2. The predicted molar refractivity (Wildman–Crippen MR) is 89.0 cm³/mol. The molecule has 0 fully saturated rings. The minimum absolute atomic E-state index is 0.214. The number of benzene rings is 1. The first-order chi connectivity index (χ1) is 10.6. The average molecular weight is 334 g/mol. The molecule has 0 spiro atoms. The second kappa shape index (κ2) is 5.99. The Bertz CT molecular complexity index is 840. The minimum atomic E-state index is -0.214. The van der Waals surface area contributed by atoms with Crippen LogP contribution in [0.15, 0.2) is 42.6 Å². The summed E-state index contributed by atoms with van der Waals surface area (Å²) in [6, 6.07) is 10.4. The van der Waals surface area contributed by atoms with Gasteiger partial charge in [-0.05, 0) is 36.8 Å². The SMILES string of the molecule is CCc1nc2cc(Cl)ccn2c1C(=O)Nc1ccc(Cl)cc1. The summed E-state index contributed by atoms with van der Waals surface area (Å²) in [7, 11) is 0. The molecule has 3 aromatic rings. The highest BCUT2D eigenvalue weighted by Gasteiger charge is 2.18. The molecule has 0 aliphatic heterocycles. The average Bonchev–Trinajstić information content (AvgIpc) is 2.87. The molecule has 0 bridgehead atoms. The summed E-state index contributed by atoms with van der Waals surface area (Å²) in [6.45, 7) is 1.96. The lowest BCUT2D eigenvalue weighted by Crippen LogP contribution is -2.16. The molecule has 1 aromatic carbocycles. The molecule has 0 aliphatic carbocycles. The lowest BCUT2D eigenvalue weighted by atomic mass is 10.2. The van der Waals surface area contributed by atoms with Gasteiger partial charge in [0.05, 0.1) is 5.69 Å². The molecule has 0 atom stereocenters. The molecular weight excluding hydrogens is 321 g/mol. The fourth-order valence-electron chi connectivity index (χ4n) is 2.28. The predicted octanol–water partition coefficient (Wildman–Crippen LogP) is 4.46. The van der Waals surface area contributed by atoms with Gasteiger partial charge in [0.1, 0.15) is 11.3 Å². The first kappa shape index (κ1) is 14.9. The van der Waals surface area contributed by atoms with E-state index in [0.29, 0.717) is 33.5 Å². The maximum absolute atomic E-state index is 12.6. The maximum Gasteiger partial charge on any atom is 0.274 e. The third-order valence-electron chi connectivity index (χ3n) is 3.31. The van der Waals surface area contributed by atoms with E-state index in [2.05, 4.69) is 10.3 Å². The molecule has 3 rings (SSSR count). The molecule has 0 saturated carbocycles. The van der Waals surface area contributed by atoms with Gasteiger partial charge in [0.25, 0.3) is 5.91 Å². The van der Waals surface area contributed by atoms with Crippen LogP contribution in [0.5, 0.6) is 0 Å². The van der Waals surface area contributed by atoms with Crippen LogP contribution in [0, 0.1) is 0 Å². The van der Waals surface area contributed by atoms with Gasteiger partial charge in [-0.3, -0.25) is 9.20 Å². The molecule has 22 heavy (non-hydrogen) atoms. The molecule has 2 heterocycles. The monoisotopic (exact) mass is 333 g/mol. The molecule has 4 nitrogen and oxygen atoms in total. The number of anilines is 1. The van der Waals surface area contributed by atoms with Crippen molar-refractivity contribution in [2.45, 2.75) is 13.3 Å². The van der Waals surface area contributed by atoms with E-state index in [0.717, 1.165) is 5.69 Å². The number of rotatable bonds is 3. The Hall–Kier alpha value is -2.04. The Kier molecular flexibility index (Phi) is 4.05. The topological polar surface area (TPSA) is 46.4 Å². The van der Waals surface area contributed by atoms with Crippen molar-refractivity contribution in [3.63, 3.8) is 0 Å². The normalized spacial score (nSPS) is 10.9. The van der Waals surface area contributed by atoms with Gasteiger partial charge >= 0.3 is 0 Å². The lowest BCUT2D eigenvalue weighted by Gasteiger charge is -2.07. The van der Waals surface area contributed by atoms with Crippen molar-refractivity contribution in [1.29, 1.82) is 0 Å². The van der Waals surface area contributed by atoms with E-state index >= 15 is 0 Å². The van der Waals surface area contributed by atoms with Crippen LogP contribution in [0.3, 0.4) is 0 Å². The number of aryl methyl sites for hydroxylation is 1. The number of halogens is 2. The van der Waals surface area contributed by atoms with Crippen molar-refractivity contribution in [2.75, 3.05) is 5.32 Å². The lowest BCUT2D eigenvalue weighted by molar-refractivity contribution is 0.102. The number of amides is 1. The fourth-order valence-corrected chi connectivity index (χ4v) is 2.56. The van der Waals surface area contributed by atoms with Crippen molar-refractivity contribution >= 4 is 40.4 Å². The van der Waals surface area contributed by atoms with Crippen molar-refractivity contribution in [1.82, 2.24) is 9.38 Å². The molecular formula is C16H13Cl2N3O. The summed E-state index contributed by atoms with van der Waals surface area (Å²) in [5, 5.41) is 4.07. The fraction of sp³-hybridized carbons (Fsp3) is 0.125. The van der Waals surface area contributed by atoms with E-state index in [4.69, 9.17) is 23.2 Å². The van der Waals surface area contributed by atoms with Gasteiger partial charge in [0.15, 0.2) is 0 Å². The van der Waals surface area contributed by atoms with Crippen LogP contribution in [0.4, 0.5) is 5.69 Å². The van der Waals surface area contributed by atoms with Gasteiger partial charge in [-0.25, -0.2) is 4.98 Å². The second-order valence-electron chi connectivity index (χ2n) is 4.79. The Morgan fingerprint density at radius 2 is 1.91 bits per heavy atom. The molecule has 0 radical (unpaired) electrons. The number of nitrogens with one attached hydrogen (secondary N) is 1. The highest BCUT2D eigenvalue weighted by atomic mass is 35.5. The van der Waals surface area contributed by atoms with Gasteiger partial charge in [0, 0.05) is 28.0 Å². The van der Waals surface area contributed by atoms with Crippen LogP contribution in [-0.2, 0) is 6.42 Å². The number of aromatic nitrogens is 2. The van der Waals surface area contributed by atoms with Gasteiger partial charge < -0.3 is 5.32 Å². The number of carbonyl (C=O) groups is 1. The smallest absolute Gasteiger partial charge is 0.274 e. The summed E-state index contributed by atoms with van der Waals surface area (Å²) in [6.07, 6.45) is 2.41. The molecule has 112 valence electrons. The summed E-state index contributed by atoms with van der Waals surface area (Å²) in [5.74, 6) is -0.214. The van der Waals surface area contributed by atoms with E-state index in [9.17, 15) is 4.79 Å². The van der Waals surface area contributed by atoms with Crippen LogP contribution in [0.2, 0.25) is 10.0 Å². The van der Waals surface area contributed by atoms with Crippen molar-refractivity contribution in [3.05, 3.63) is 64.0 Å². The Morgan fingerprint density at radius 3 is 2.59 bits per heavy atom. The van der Waals surface area contributed by atoms with E-state index in [-0.39, 0.29) is 5.91 Å². The number of nitrogens with zero attached hydrogens (tertiary/aromatic N) is 2. The van der Waals surface area contributed by atoms with Gasteiger partial charge in [-0.15, -0.1) is 0 Å². The van der Waals surface area contributed by atoms with Crippen LogP contribution in [-0.4, -0.2) is 15.3 Å². The van der Waals surface area contributed by atoms with E-state index < -0.39 is 0 Å². The zero-order chi connectivity index (χ0) is 15.7. The number of fused-ring (bicyclic) bond motifs is 1. The highest BCUT2D eigenvalue weighted by molar-refractivity contribution is 6.31. The molecule has 1 N–H and O–H groups in total. The number of imidazole rings is 1.